The monoisotopic (exact) mass is 467 g/mol. The van der Waals surface area contributed by atoms with Crippen LogP contribution in [-0.4, -0.2) is 27.4 Å². The van der Waals surface area contributed by atoms with Crippen LogP contribution in [0.4, 0.5) is 0 Å². The zero-order valence-electron chi connectivity index (χ0n) is 21.0. The van der Waals surface area contributed by atoms with Crippen molar-refractivity contribution < 1.29 is 4.79 Å². The van der Waals surface area contributed by atoms with Gasteiger partial charge in [0, 0.05) is 12.6 Å². The molecular weight excluding hydrogens is 434 g/mol. The fraction of sp³-hybridized carbons (Fsp3) is 0.300. The molecule has 1 heterocycles. The molecule has 5 nitrogen and oxygen atoms in total. The highest BCUT2D eigenvalue weighted by Gasteiger charge is 2.25. The third-order valence-corrected chi connectivity index (χ3v) is 6.61. The number of fused-ring (bicyclic) bond motifs is 1. The van der Waals surface area contributed by atoms with Crippen LogP contribution < -0.4 is 5.56 Å². The van der Waals surface area contributed by atoms with Crippen molar-refractivity contribution in [1.82, 2.24) is 14.5 Å². The molecule has 0 bridgehead atoms. The summed E-state index contributed by atoms with van der Waals surface area (Å²) in [6.45, 7) is 6.11. The highest BCUT2D eigenvalue weighted by atomic mass is 16.2. The number of para-hydroxylation sites is 1. The number of hydrogen-bond donors (Lipinski definition) is 0. The maximum atomic E-state index is 13.6. The molecule has 3 aromatic carbocycles. The zero-order valence-corrected chi connectivity index (χ0v) is 21.0. The van der Waals surface area contributed by atoms with Gasteiger partial charge in [0.05, 0.1) is 22.6 Å². The summed E-state index contributed by atoms with van der Waals surface area (Å²) in [6, 6.07) is 22.6. The molecule has 0 aliphatic carbocycles. The predicted octanol–water partition coefficient (Wildman–Crippen LogP) is 6.26. The van der Waals surface area contributed by atoms with E-state index in [-0.39, 0.29) is 11.5 Å². The lowest BCUT2D eigenvalue weighted by Gasteiger charge is -2.27. The number of aryl methyl sites for hydroxylation is 2. The van der Waals surface area contributed by atoms with Crippen molar-refractivity contribution >= 4 is 16.8 Å². The molecule has 0 spiro atoms. The second-order valence-electron chi connectivity index (χ2n) is 9.21. The SMILES string of the molecule is CCCCCc1ccc(C(=O)N(C)C(C)c2nc3ccccc3c(=O)n2-c2cccc(C)c2)cc1. The van der Waals surface area contributed by atoms with Gasteiger partial charge in [-0.2, -0.15) is 0 Å². The average molecular weight is 468 g/mol. The molecule has 5 heteroatoms. The van der Waals surface area contributed by atoms with Gasteiger partial charge in [0.1, 0.15) is 5.82 Å². The topological polar surface area (TPSA) is 55.2 Å². The van der Waals surface area contributed by atoms with E-state index in [4.69, 9.17) is 4.98 Å². The van der Waals surface area contributed by atoms with Gasteiger partial charge in [-0.1, -0.05) is 56.2 Å². The van der Waals surface area contributed by atoms with Crippen LogP contribution in [0.2, 0.25) is 0 Å². The summed E-state index contributed by atoms with van der Waals surface area (Å²) in [5.74, 6) is 0.433. The van der Waals surface area contributed by atoms with E-state index in [0.717, 1.165) is 24.1 Å². The van der Waals surface area contributed by atoms with Gasteiger partial charge in [0.15, 0.2) is 0 Å². The standard InChI is InChI=1S/C30H33N3O2/c1-5-6-7-12-23-16-18-24(19-17-23)29(34)32(4)22(3)28-31-27-15-9-8-14-26(27)30(35)33(28)25-13-10-11-21(2)20-25/h8-11,13-20,22H,5-7,12H2,1-4H3. The molecule has 0 saturated heterocycles. The van der Waals surface area contributed by atoms with Gasteiger partial charge in [-0.25, -0.2) is 4.98 Å². The minimum absolute atomic E-state index is 0.101. The Morgan fingerprint density at radius 1 is 1.00 bits per heavy atom. The quantitative estimate of drug-likeness (QED) is 0.287. The molecule has 1 amide bonds. The van der Waals surface area contributed by atoms with E-state index in [0.29, 0.717) is 22.3 Å². The number of aromatic nitrogens is 2. The Labute approximate surface area is 207 Å². The highest BCUT2D eigenvalue weighted by molar-refractivity contribution is 5.94. The summed E-state index contributed by atoms with van der Waals surface area (Å²) < 4.78 is 1.64. The largest absolute Gasteiger partial charge is 0.332 e. The Bertz CT molecular complexity index is 1390. The van der Waals surface area contributed by atoms with Crippen molar-refractivity contribution in [3.63, 3.8) is 0 Å². The molecule has 180 valence electrons. The van der Waals surface area contributed by atoms with Crippen LogP contribution >= 0.6 is 0 Å². The van der Waals surface area contributed by atoms with Gasteiger partial charge in [-0.3, -0.25) is 14.2 Å². The van der Waals surface area contributed by atoms with E-state index < -0.39 is 6.04 Å². The molecule has 1 unspecified atom stereocenters. The highest BCUT2D eigenvalue weighted by Crippen LogP contribution is 2.24. The number of hydrogen-bond acceptors (Lipinski definition) is 3. The predicted molar refractivity (Wildman–Crippen MR) is 142 cm³/mol. The lowest BCUT2D eigenvalue weighted by molar-refractivity contribution is 0.0735. The fourth-order valence-electron chi connectivity index (χ4n) is 4.39. The van der Waals surface area contributed by atoms with Gasteiger partial charge in [-0.15, -0.1) is 0 Å². The molecule has 0 radical (unpaired) electrons. The summed E-state index contributed by atoms with van der Waals surface area (Å²) in [5.41, 5.74) is 4.15. The van der Waals surface area contributed by atoms with Crippen molar-refractivity contribution in [2.45, 2.75) is 52.5 Å². The van der Waals surface area contributed by atoms with Crippen molar-refractivity contribution in [2.24, 2.45) is 0 Å². The van der Waals surface area contributed by atoms with Crippen LogP contribution in [-0.2, 0) is 6.42 Å². The number of unbranched alkanes of at least 4 members (excludes halogenated alkanes) is 2. The molecule has 4 aromatic rings. The lowest BCUT2D eigenvalue weighted by atomic mass is 10.0. The molecule has 0 aliphatic rings. The molecule has 0 saturated carbocycles. The Morgan fingerprint density at radius 2 is 1.74 bits per heavy atom. The summed E-state index contributed by atoms with van der Waals surface area (Å²) in [4.78, 5) is 33.5. The Balaban J connectivity index is 1.71. The summed E-state index contributed by atoms with van der Waals surface area (Å²) in [5, 5.41) is 0.553. The minimum atomic E-state index is -0.426. The maximum Gasteiger partial charge on any atom is 0.266 e. The van der Waals surface area contributed by atoms with E-state index in [2.05, 4.69) is 6.92 Å². The Morgan fingerprint density at radius 3 is 2.46 bits per heavy atom. The van der Waals surface area contributed by atoms with Gasteiger partial charge >= 0.3 is 0 Å². The average Bonchev–Trinajstić information content (AvgIpc) is 2.88. The number of amides is 1. The number of carbonyl (C=O) groups excluding carboxylic acids is 1. The first-order valence-corrected chi connectivity index (χ1v) is 12.4. The van der Waals surface area contributed by atoms with E-state index >= 15 is 0 Å². The van der Waals surface area contributed by atoms with Crippen LogP contribution in [0.15, 0.2) is 77.6 Å². The Kier molecular flexibility index (Phi) is 7.45. The van der Waals surface area contributed by atoms with Crippen LogP contribution in [0.1, 0.15) is 66.5 Å². The molecule has 35 heavy (non-hydrogen) atoms. The summed E-state index contributed by atoms with van der Waals surface area (Å²) in [6.07, 6.45) is 4.58. The molecule has 1 aromatic heterocycles. The van der Waals surface area contributed by atoms with Crippen LogP contribution in [0.5, 0.6) is 0 Å². The summed E-state index contributed by atoms with van der Waals surface area (Å²) >= 11 is 0. The number of benzene rings is 3. The lowest BCUT2D eigenvalue weighted by Crippen LogP contribution is -2.34. The van der Waals surface area contributed by atoms with Gasteiger partial charge < -0.3 is 4.90 Å². The molecule has 0 aliphatic heterocycles. The smallest absolute Gasteiger partial charge is 0.266 e. The molecular formula is C30H33N3O2. The first kappa shape index (κ1) is 24.4. The number of rotatable bonds is 8. The van der Waals surface area contributed by atoms with Crippen LogP contribution in [0, 0.1) is 6.92 Å². The first-order valence-electron chi connectivity index (χ1n) is 12.4. The number of carbonyl (C=O) groups is 1. The van der Waals surface area contributed by atoms with Crippen molar-refractivity contribution in [2.75, 3.05) is 7.05 Å². The van der Waals surface area contributed by atoms with Crippen molar-refractivity contribution in [3.05, 3.63) is 106 Å². The Hall–Kier alpha value is -3.73. The molecule has 0 N–H and O–H groups in total. The van der Waals surface area contributed by atoms with E-state index in [1.165, 1.54) is 18.4 Å². The molecule has 0 fully saturated rings. The third kappa shape index (κ3) is 5.19. The van der Waals surface area contributed by atoms with E-state index in [1.54, 1.807) is 22.6 Å². The van der Waals surface area contributed by atoms with E-state index in [9.17, 15) is 9.59 Å². The van der Waals surface area contributed by atoms with Crippen molar-refractivity contribution in [3.8, 4) is 5.69 Å². The second-order valence-corrected chi connectivity index (χ2v) is 9.21. The van der Waals surface area contributed by atoms with E-state index in [1.807, 2.05) is 80.6 Å². The normalized spacial score (nSPS) is 12.0. The van der Waals surface area contributed by atoms with Crippen LogP contribution in [0.3, 0.4) is 0 Å². The third-order valence-electron chi connectivity index (χ3n) is 6.61. The second kappa shape index (κ2) is 10.7. The minimum Gasteiger partial charge on any atom is -0.332 e. The van der Waals surface area contributed by atoms with Crippen molar-refractivity contribution in [1.29, 1.82) is 0 Å². The van der Waals surface area contributed by atoms with Crippen LogP contribution in [0.25, 0.3) is 16.6 Å². The fourth-order valence-corrected chi connectivity index (χ4v) is 4.39. The maximum absolute atomic E-state index is 13.6. The zero-order chi connectivity index (χ0) is 24.9. The van der Waals surface area contributed by atoms with Gasteiger partial charge in [0.2, 0.25) is 0 Å². The van der Waals surface area contributed by atoms with Gasteiger partial charge in [0.25, 0.3) is 11.5 Å². The molecule has 1 atom stereocenters. The first-order chi connectivity index (χ1) is 16.9. The summed E-state index contributed by atoms with van der Waals surface area (Å²) in [7, 11) is 1.77. The molecule has 4 rings (SSSR count). The van der Waals surface area contributed by atoms with Gasteiger partial charge in [-0.05, 0) is 74.2 Å². The number of nitrogens with zero attached hydrogens (tertiary/aromatic N) is 3.